The Labute approximate surface area is 182 Å². The van der Waals surface area contributed by atoms with E-state index in [0.717, 1.165) is 15.4 Å². The molecule has 0 aliphatic carbocycles. The molecule has 3 aromatic carbocycles. The number of sulfonamides is 1. The van der Waals surface area contributed by atoms with Gasteiger partial charge in [-0.2, -0.15) is 0 Å². The van der Waals surface area contributed by atoms with Gasteiger partial charge in [-0.15, -0.1) is 0 Å². The molecule has 0 radical (unpaired) electrons. The number of amides is 1. The number of carbonyl (C=O) groups excluding carboxylic acids is 1. The third-order valence-corrected chi connectivity index (χ3v) is 6.74. The highest BCUT2D eigenvalue weighted by Crippen LogP contribution is 2.24. The van der Waals surface area contributed by atoms with E-state index >= 15 is 0 Å². The molecule has 0 aromatic heterocycles. The minimum absolute atomic E-state index is 0.0534. The first-order valence-corrected chi connectivity index (χ1v) is 11.4. The first-order chi connectivity index (χ1) is 14.8. The number of aryl methyl sites for hydroxylation is 1. The second kappa shape index (κ2) is 9.75. The second-order valence-corrected chi connectivity index (χ2v) is 9.10. The summed E-state index contributed by atoms with van der Waals surface area (Å²) in [6.45, 7) is 3.51. The third-order valence-electron chi connectivity index (χ3n) is 4.96. The van der Waals surface area contributed by atoms with Gasteiger partial charge in [-0.05, 0) is 55.3 Å². The van der Waals surface area contributed by atoms with Crippen molar-refractivity contribution >= 4 is 21.6 Å². The van der Waals surface area contributed by atoms with Crippen LogP contribution in [-0.2, 0) is 14.8 Å². The molecule has 3 aromatic rings. The maximum Gasteiger partial charge on any atom is 0.264 e. The molecule has 0 saturated carbocycles. The van der Waals surface area contributed by atoms with Crippen molar-refractivity contribution in [1.29, 1.82) is 0 Å². The molecule has 0 bridgehead atoms. The minimum atomic E-state index is -4.02. The van der Waals surface area contributed by atoms with Crippen LogP contribution >= 0.6 is 0 Å². The van der Waals surface area contributed by atoms with Crippen LogP contribution in [0, 0.1) is 12.7 Å². The Morgan fingerprint density at radius 1 is 0.968 bits per heavy atom. The van der Waals surface area contributed by atoms with Crippen LogP contribution in [0.3, 0.4) is 0 Å². The van der Waals surface area contributed by atoms with Gasteiger partial charge in [-0.1, -0.05) is 55.0 Å². The molecular formula is C24H25FN2O3S. The van der Waals surface area contributed by atoms with E-state index in [1.165, 1.54) is 36.4 Å². The van der Waals surface area contributed by atoms with Crippen molar-refractivity contribution in [2.75, 3.05) is 10.8 Å². The molecule has 3 rings (SSSR count). The van der Waals surface area contributed by atoms with Crippen LogP contribution < -0.4 is 9.62 Å². The predicted molar refractivity (Wildman–Crippen MR) is 120 cm³/mol. The van der Waals surface area contributed by atoms with Crippen LogP contribution in [-0.4, -0.2) is 20.9 Å². The van der Waals surface area contributed by atoms with E-state index in [4.69, 9.17) is 0 Å². The Balaban J connectivity index is 1.88. The number of hydrogen-bond donors (Lipinski definition) is 1. The molecule has 1 atom stereocenters. The summed E-state index contributed by atoms with van der Waals surface area (Å²) >= 11 is 0. The number of carbonyl (C=O) groups is 1. The molecule has 1 amide bonds. The summed E-state index contributed by atoms with van der Waals surface area (Å²) < 4.78 is 41.0. The number of nitrogens with one attached hydrogen (secondary N) is 1. The van der Waals surface area contributed by atoms with Gasteiger partial charge in [0, 0.05) is 0 Å². The molecule has 0 aliphatic heterocycles. The van der Waals surface area contributed by atoms with Crippen molar-refractivity contribution in [2.24, 2.45) is 0 Å². The summed E-state index contributed by atoms with van der Waals surface area (Å²) in [5.74, 6) is -0.938. The van der Waals surface area contributed by atoms with Crippen LogP contribution in [0.5, 0.6) is 0 Å². The average Bonchev–Trinajstić information content (AvgIpc) is 2.78. The topological polar surface area (TPSA) is 66.5 Å². The Bertz CT molecular complexity index is 1120. The highest BCUT2D eigenvalue weighted by molar-refractivity contribution is 7.92. The molecule has 0 aliphatic rings. The van der Waals surface area contributed by atoms with Gasteiger partial charge in [0.15, 0.2) is 0 Å². The van der Waals surface area contributed by atoms with Crippen LogP contribution in [0.4, 0.5) is 10.1 Å². The van der Waals surface area contributed by atoms with Crippen molar-refractivity contribution in [3.63, 3.8) is 0 Å². The fourth-order valence-electron chi connectivity index (χ4n) is 3.23. The van der Waals surface area contributed by atoms with Gasteiger partial charge in [-0.25, -0.2) is 12.8 Å². The van der Waals surface area contributed by atoms with Crippen LogP contribution in [0.2, 0.25) is 0 Å². The van der Waals surface area contributed by atoms with Crippen molar-refractivity contribution < 1.29 is 17.6 Å². The third kappa shape index (κ3) is 5.49. The number of hydrogen-bond acceptors (Lipinski definition) is 3. The quantitative estimate of drug-likeness (QED) is 0.557. The van der Waals surface area contributed by atoms with Crippen LogP contribution in [0.25, 0.3) is 0 Å². The molecule has 5 nitrogen and oxygen atoms in total. The lowest BCUT2D eigenvalue weighted by atomic mass is 10.0. The Kier molecular flexibility index (Phi) is 7.07. The van der Waals surface area contributed by atoms with Gasteiger partial charge < -0.3 is 5.32 Å². The lowest BCUT2D eigenvalue weighted by Gasteiger charge is -2.25. The maximum absolute atomic E-state index is 13.4. The monoisotopic (exact) mass is 440 g/mol. The Morgan fingerprint density at radius 2 is 1.58 bits per heavy atom. The maximum atomic E-state index is 13.4. The molecule has 0 fully saturated rings. The molecule has 0 spiro atoms. The smallest absolute Gasteiger partial charge is 0.264 e. The van der Waals surface area contributed by atoms with Crippen molar-refractivity contribution in [3.05, 3.63) is 95.8 Å². The first kappa shape index (κ1) is 22.5. The molecule has 162 valence electrons. The van der Waals surface area contributed by atoms with E-state index in [0.29, 0.717) is 6.42 Å². The zero-order valence-electron chi connectivity index (χ0n) is 17.5. The zero-order chi connectivity index (χ0) is 22.4. The van der Waals surface area contributed by atoms with Gasteiger partial charge in [-0.3, -0.25) is 9.10 Å². The van der Waals surface area contributed by atoms with E-state index in [1.807, 2.05) is 38.1 Å². The second-order valence-electron chi connectivity index (χ2n) is 7.24. The minimum Gasteiger partial charge on any atom is -0.348 e. The van der Waals surface area contributed by atoms with E-state index < -0.39 is 28.3 Å². The normalized spacial score (nSPS) is 12.2. The Morgan fingerprint density at radius 3 is 2.16 bits per heavy atom. The summed E-state index contributed by atoms with van der Waals surface area (Å²) in [5, 5.41) is 2.92. The summed E-state index contributed by atoms with van der Waals surface area (Å²) in [6, 6.07) is 20.5. The first-order valence-electron chi connectivity index (χ1n) is 10.0. The van der Waals surface area contributed by atoms with E-state index in [1.54, 1.807) is 18.2 Å². The molecule has 0 saturated heterocycles. The Hall–Kier alpha value is -3.19. The number of rotatable bonds is 8. The molecule has 31 heavy (non-hydrogen) atoms. The van der Waals surface area contributed by atoms with Gasteiger partial charge in [0.05, 0.1) is 16.6 Å². The van der Waals surface area contributed by atoms with E-state index in [-0.39, 0.29) is 16.6 Å². The largest absolute Gasteiger partial charge is 0.348 e. The standard InChI is InChI=1S/C24H25FN2O3S/c1-3-23(19-11-9-18(2)10-12-19)26-24(28)17-27(21-15-13-20(25)14-16-21)31(29,30)22-7-5-4-6-8-22/h4-16,23H,3,17H2,1-2H3,(H,26,28)/t23-/m0/s1. The van der Waals surface area contributed by atoms with Crippen LogP contribution in [0.15, 0.2) is 83.8 Å². The molecular weight excluding hydrogens is 415 g/mol. The van der Waals surface area contributed by atoms with Crippen LogP contribution in [0.1, 0.15) is 30.5 Å². The number of benzene rings is 3. The summed E-state index contributed by atoms with van der Waals surface area (Å²) in [6.07, 6.45) is 0.650. The van der Waals surface area contributed by atoms with Gasteiger partial charge in [0.2, 0.25) is 5.91 Å². The fourth-order valence-corrected chi connectivity index (χ4v) is 4.67. The fraction of sp³-hybridized carbons (Fsp3) is 0.208. The highest BCUT2D eigenvalue weighted by atomic mass is 32.2. The van der Waals surface area contributed by atoms with Crippen molar-refractivity contribution in [1.82, 2.24) is 5.32 Å². The lowest BCUT2D eigenvalue weighted by molar-refractivity contribution is -0.120. The average molecular weight is 441 g/mol. The van der Waals surface area contributed by atoms with Crippen molar-refractivity contribution in [3.8, 4) is 0 Å². The summed E-state index contributed by atoms with van der Waals surface area (Å²) in [4.78, 5) is 12.9. The van der Waals surface area contributed by atoms with Crippen molar-refractivity contribution in [2.45, 2.75) is 31.2 Å². The molecule has 7 heteroatoms. The number of halogens is 1. The zero-order valence-corrected chi connectivity index (χ0v) is 18.3. The summed E-state index contributed by atoms with van der Waals surface area (Å²) in [5.41, 5.74) is 2.27. The van der Waals surface area contributed by atoms with Gasteiger partial charge in [0.25, 0.3) is 10.0 Å². The van der Waals surface area contributed by atoms with Gasteiger partial charge in [0.1, 0.15) is 12.4 Å². The lowest BCUT2D eigenvalue weighted by Crippen LogP contribution is -2.42. The van der Waals surface area contributed by atoms with Gasteiger partial charge >= 0.3 is 0 Å². The summed E-state index contributed by atoms with van der Waals surface area (Å²) in [7, 11) is -4.02. The van der Waals surface area contributed by atoms with E-state index in [2.05, 4.69) is 5.32 Å². The molecule has 1 N–H and O–H groups in total. The SMILES string of the molecule is CC[C@H](NC(=O)CN(c1ccc(F)cc1)S(=O)(=O)c1ccccc1)c1ccc(C)cc1. The molecule has 0 unspecified atom stereocenters. The highest BCUT2D eigenvalue weighted by Gasteiger charge is 2.28. The molecule has 0 heterocycles. The number of nitrogens with zero attached hydrogens (tertiary/aromatic N) is 1. The number of anilines is 1. The van der Waals surface area contributed by atoms with E-state index in [9.17, 15) is 17.6 Å². The predicted octanol–water partition coefficient (Wildman–Crippen LogP) is 4.60.